The van der Waals surface area contributed by atoms with Crippen molar-refractivity contribution in [1.29, 1.82) is 0 Å². The number of ether oxygens (including phenoxy) is 1. The summed E-state index contributed by atoms with van der Waals surface area (Å²) < 4.78 is 11.0. The van der Waals surface area contributed by atoms with Crippen molar-refractivity contribution in [3.05, 3.63) is 30.0 Å². The Hall–Kier alpha value is -1.48. The number of likely N-dealkylation sites (N-methyl/N-ethyl adjacent to an activating group) is 1. The lowest BCUT2D eigenvalue weighted by Crippen LogP contribution is -2.09. The van der Waals surface area contributed by atoms with Gasteiger partial charge in [0.1, 0.15) is 11.3 Å². The Bertz CT molecular complexity index is 462. The molecule has 0 saturated carbocycles. The first kappa shape index (κ1) is 11.0. The zero-order valence-electron chi connectivity index (χ0n) is 9.75. The summed E-state index contributed by atoms with van der Waals surface area (Å²) in [6.07, 6.45) is 2.80. The summed E-state index contributed by atoms with van der Waals surface area (Å²) in [4.78, 5) is 0. The second-order valence-corrected chi connectivity index (χ2v) is 3.71. The Balaban J connectivity index is 2.31. The van der Waals surface area contributed by atoms with Gasteiger partial charge in [-0.15, -0.1) is 0 Å². The minimum atomic E-state index is 0.690. The zero-order chi connectivity index (χ0) is 11.4. The average molecular weight is 219 g/mol. The molecule has 1 heterocycles. The number of nitrogens with one attached hydrogen (secondary N) is 1. The largest absolute Gasteiger partial charge is 0.494 e. The van der Waals surface area contributed by atoms with Crippen molar-refractivity contribution in [3.8, 4) is 5.75 Å². The highest BCUT2D eigenvalue weighted by atomic mass is 16.5. The van der Waals surface area contributed by atoms with Crippen LogP contribution in [-0.4, -0.2) is 20.2 Å². The Morgan fingerprint density at radius 1 is 1.38 bits per heavy atom. The molecule has 0 aliphatic rings. The number of fused-ring (bicyclic) bond motifs is 1. The van der Waals surface area contributed by atoms with Crippen LogP contribution in [0.1, 0.15) is 12.5 Å². The SMILES string of the molecule is CCOc1ccc2occ(CCNC)c2c1. The van der Waals surface area contributed by atoms with Crippen LogP contribution in [0.4, 0.5) is 0 Å². The van der Waals surface area contributed by atoms with Gasteiger partial charge in [0.25, 0.3) is 0 Å². The molecule has 0 bridgehead atoms. The predicted octanol–water partition coefficient (Wildman–Crippen LogP) is 2.59. The summed E-state index contributed by atoms with van der Waals surface area (Å²) in [7, 11) is 1.95. The molecule has 0 unspecified atom stereocenters. The van der Waals surface area contributed by atoms with Crippen LogP contribution in [0.25, 0.3) is 11.0 Å². The van der Waals surface area contributed by atoms with Crippen molar-refractivity contribution in [2.24, 2.45) is 0 Å². The van der Waals surface area contributed by atoms with E-state index in [2.05, 4.69) is 5.32 Å². The van der Waals surface area contributed by atoms with Crippen LogP contribution in [0, 0.1) is 0 Å². The molecule has 0 spiro atoms. The normalized spacial score (nSPS) is 10.9. The van der Waals surface area contributed by atoms with Crippen LogP contribution in [0.5, 0.6) is 5.75 Å². The van der Waals surface area contributed by atoms with E-state index in [9.17, 15) is 0 Å². The molecule has 0 fully saturated rings. The third-order valence-corrected chi connectivity index (χ3v) is 2.58. The summed E-state index contributed by atoms with van der Waals surface area (Å²) in [5.74, 6) is 0.905. The molecule has 0 atom stereocenters. The van der Waals surface area contributed by atoms with E-state index in [0.717, 1.165) is 29.7 Å². The molecule has 1 aromatic heterocycles. The fourth-order valence-corrected chi connectivity index (χ4v) is 1.77. The van der Waals surface area contributed by atoms with E-state index >= 15 is 0 Å². The number of rotatable bonds is 5. The van der Waals surface area contributed by atoms with Crippen LogP contribution >= 0.6 is 0 Å². The summed E-state index contributed by atoms with van der Waals surface area (Å²) in [6.45, 7) is 3.63. The van der Waals surface area contributed by atoms with Gasteiger partial charge in [0, 0.05) is 5.39 Å². The molecule has 0 aliphatic heterocycles. The Kier molecular flexibility index (Phi) is 3.47. The lowest BCUT2D eigenvalue weighted by molar-refractivity contribution is 0.340. The van der Waals surface area contributed by atoms with Crippen LogP contribution < -0.4 is 10.1 Å². The van der Waals surface area contributed by atoms with Gasteiger partial charge in [-0.1, -0.05) is 0 Å². The Labute approximate surface area is 95.4 Å². The highest BCUT2D eigenvalue weighted by Crippen LogP contribution is 2.26. The van der Waals surface area contributed by atoms with E-state index in [1.807, 2.05) is 38.4 Å². The van der Waals surface area contributed by atoms with Gasteiger partial charge in [0.15, 0.2) is 0 Å². The van der Waals surface area contributed by atoms with E-state index in [1.165, 1.54) is 5.56 Å². The van der Waals surface area contributed by atoms with E-state index < -0.39 is 0 Å². The lowest BCUT2D eigenvalue weighted by atomic mass is 10.1. The molecule has 2 rings (SSSR count). The number of hydrogen-bond acceptors (Lipinski definition) is 3. The van der Waals surface area contributed by atoms with Gasteiger partial charge in [0.2, 0.25) is 0 Å². The summed E-state index contributed by atoms with van der Waals surface area (Å²) in [5, 5.41) is 4.29. The number of benzene rings is 1. The minimum absolute atomic E-state index is 0.690. The average Bonchev–Trinajstić information content (AvgIpc) is 2.69. The molecular formula is C13H17NO2. The number of hydrogen-bond donors (Lipinski definition) is 1. The van der Waals surface area contributed by atoms with Crippen molar-refractivity contribution >= 4 is 11.0 Å². The van der Waals surface area contributed by atoms with Gasteiger partial charge in [-0.05, 0) is 50.7 Å². The molecule has 0 radical (unpaired) electrons. The van der Waals surface area contributed by atoms with Crippen molar-refractivity contribution in [2.75, 3.05) is 20.2 Å². The predicted molar refractivity (Wildman–Crippen MR) is 65.0 cm³/mol. The van der Waals surface area contributed by atoms with Gasteiger partial charge in [-0.3, -0.25) is 0 Å². The lowest BCUT2D eigenvalue weighted by Gasteiger charge is -2.03. The molecular weight excluding hydrogens is 202 g/mol. The Morgan fingerprint density at radius 3 is 3.00 bits per heavy atom. The van der Waals surface area contributed by atoms with Gasteiger partial charge >= 0.3 is 0 Å². The molecule has 0 amide bonds. The first-order valence-electron chi connectivity index (χ1n) is 5.62. The topological polar surface area (TPSA) is 34.4 Å². The molecule has 3 nitrogen and oxygen atoms in total. The molecule has 3 heteroatoms. The summed E-state index contributed by atoms with van der Waals surface area (Å²) in [6, 6.07) is 5.95. The molecule has 2 aromatic rings. The molecule has 1 N–H and O–H groups in total. The maximum Gasteiger partial charge on any atom is 0.134 e. The van der Waals surface area contributed by atoms with Crippen LogP contribution in [0.3, 0.4) is 0 Å². The van der Waals surface area contributed by atoms with Crippen molar-refractivity contribution in [1.82, 2.24) is 5.32 Å². The fraction of sp³-hybridized carbons (Fsp3) is 0.385. The van der Waals surface area contributed by atoms with Crippen LogP contribution in [-0.2, 0) is 6.42 Å². The summed E-state index contributed by atoms with van der Waals surface area (Å²) >= 11 is 0. The van der Waals surface area contributed by atoms with Gasteiger partial charge < -0.3 is 14.5 Å². The van der Waals surface area contributed by atoms with Crippen molar-refractivity contribution in [2.45, 2.75) is 13.3 Å². The second-order valence-electron chi connectivity index (χ2n) is 3.71. The molecule has 1 aromatic carbocycles. The van der Waals surface area contributed by atoms with E-state index in [1.54, 1.807) is 0 Å². The highest BCUT2D eigenvalue weighted by molar-refractivity contribution is 5.82. The fourth-order valence-electron chi connectivity index (χ4n) is 1.77. The second kappa shape index (κ2) is 5.03. The molecule has 16 heavy (non-hydrogen) atoms. The number of furan rings is 1. The van der Waals surface area contributed by atoms with Gasteiger partial charge in [-0.25, -0.2) is 0 Å². The first-order valence-corrected chi connectivity index (χ1v) is 5.62. The third kappa shape index (κ3) is 2.19. The maximum absolute atomic E-state index is 5.50. The monoisotopic (exact) mass is 219 g/mol. The Morgan fingerprint density at radius 2 is 2.25 bits per heavy atom. The standard InChI is InChI=1S/C13H17NO2/c1-3-15-11-4-5-13-12(8-11)10(9-16-13)6-7-14-2/h4-5,8-9,14H,3,6-7H2,1-2H3. The van der Waals surface area contributed by atoms with E-state index in [-0.39, 0.29) is 0 Å². The molecule has 86 valence electrons. The van der Waals surface area contributed by atoms with E-state index in [4.69, 9.17) is 9.15 Å². The summed E-state index contributed by atoms with van der Waals surface area (Å²) in [5.41, 5.74) is 2.15. The van der Waals surface area contributed by atoms with Crippen LogP contribution in [0.15, 0.2) is 28.9 Å². The maximum atomic E-state index is 5.50. The van der Waals surface area contributed by atoms with Gasteiger partial charge in [-0.2, -0.15) is 0 Å². The van der Waals surface area contributed by atoms with Crippen LogP contribution in [0.2, 0.25) is 0 Å². The first-order chi connectivity index (χ1) is 7.85. The van der Waals surface area contributed by atoms with Gasteiger partial charge in [0.05, 0.1) is 12.9 Å². The smallest absolute Gasteiger partial charge is 0.134 e. The highest BCUT2D eigenvalue weighted by Gasteiger charge is 2.06. The third-order valence-electron chi connectivity index (χ3n) is 2.58. The molecule has 0 saturated heterocycles. The quantitative estimate of drug-likeness (QED) is 0.839. The molecule has 0 aliphatic carbocycles. The zero-order valence-corrected chi connectivity index (χ0v) is 9.75. The van der Waals surface area contributed by atoms with Crippen molar-refractivity contribution in [3.63, 3.8) is 0 Å². The van der Waals surface area contributed by atoms with E-state index in [0.29, 0.717) is 6.61 Å². The van der Waals surface area contributed by atoms with Crippen molar-refractivity contribution < 1.29 is 9.15 Å². The minimum Gasteiger partial charge on any atom is -0.494 e.